The first-order valence-corrected chi connectivity index (χ1v) is 7.56. The Bertz CT molecular complexity index is 664. The third-order valence-electron chi connectivity index (χ3n) is 3.64. The minimum absolute atomic E-state index is 0.0172. The van der Waals surface area contributed by atoms with Crippen LogP contribution >= 0.6 is 11.3 Å². The molecule has 0 unspecified atom stereocenters. The molecule has 5 heteroatoms. The van der Waals surface area contributed by atoms with Gasteiger partial charge in [0.1, 0.15) is 0 Å². The molecule has 0 saturated carbocycles. The van der Waals surface area contributed by atoms with Gasteiger partial charge in [-0.2, -0.15) is 13.2 Å². The van der Waals surface area contributed by atoms with Gasteiger partial charge in [0, 0.05) is 11.3 Å². The highest BCUT2D eigenvalue weighted by Crippen LogP contribution is 2.32. The Balaban J connectivity index is 1.78. The first kappa shape index (κ1) is 14.3. The maximum Gasteiger partial charge on any atom is 0.416 e. The van der Waals surface area contributed by atoms with E-state index in [1.165, 1.54) is 27.8 Å². The molecular weight excluding hydrogens is 297 g/mol. The van der Waals surface area contributed by atoms with Gasteiger partial charge in [0.2, 0.25) is 0 Å². The van der Waals surface area contributed by atoms with Crippen molar-refractivity contribution < 1.29 is 18.0 Å². The van der Waals surface area contributed by atoms with Crippen molar-refractivity contribution in [3.8, 4) is 0 Å². The molecule has 0 aliphatic heterocycles. The highest BCUT2D eigenvalue weighted by atomic mass is 32.1. The lowest BCUT2D eigenvalue weighted by Crippen LogP contribution is -2.07. The highest BCUT2D eigenvalue weighted by molar-refractivity contribution is 7.14. The topological polar surface area (TPSA) is 17.1 Å². The predicted octanol–water partition coefficient (Wildman–Crippen LogP) is 4.68. The van der Waals surface area contributed by atoms with E-state index in [0.717, 1.165) is 31.4 Å². The number of aryl methyl sites for hydroxylation is 2. The van der Waals surface area contributed by atoms with Crippen LogP contribution in [0.4, 0.5) is 13.2 Å². The van der Waals surface area contributed by atoms with Crippen molar-refractivity contribution >= 4 is 17.1 Å². The molecule has 0 saturated heterocycles. The Morgan fingerprint density at radius 1 is 1.19 bits per heavy atom. The summed E-state index contributed by atoms with van der Waals surface area (Å²) < 4.78 is 38.0. The smallest absolute Gasteiger partial charge is 0.293 e. The van der Waals surface area contributed by atoms with E-state index in [-0.39, 0.29) is 12.2 Å². The Morgan fingerprint density at radius 3 is 2.71 bits per heavy atom. The van der Waals surface area contributed by atoms with Crippen LogP contribution in [0.15, 0.2) is 30.3 Å². The summed E-state index contributed by atoms with van der Waals surface area (Å²) in [5.74, 6) is -0.103. The van der Waals surface area contributed by atoms with Gasteiger partial charge >= 0.3 is 6.18 Å². The standard InChI is InChI=1S/C16H13F3OS/c17-16(18,19)12-5-1-3-10(7-12)8-13(20)15-9-11-4-2-6-14(11)21-15/h1,3,5,7,9H,2,4,6,8H2. The van der Waals surface area contributed by atoms with Gasteiger partial charge in [0.25, 0.3) is 0 Å². The number of carbonyl (C=O) groups is 1. The van der Waals surface area contributed by atoms with Crippen LogP contribution in [-0.2, 0) is 25.4 Å². The molecule has 110 valence electrons. The molecule has 1 aromatic carbocycles. The average Bonchev–Trinajstić information content (AvgIpc) is 2.98. The molecule has 0 atom stereocenters. The summed E-state index contributed by atoms with van der Waals surface area (Å²) in [6.07, 6.45) is -1.21. The lowest BCUT2D eigenvalue weighted by molar-refractivity contribution is -0.137. The van der Waals surface area contributed by atoms with Crippen LogP contribution in [0.25, 0.3) is 0 Å². The highest BCUT2D eigenvalue weighted by Gasteiger charge is 2.30. The second-order valence-corrected chi connectivity index (χ2v) is 6.35. The number of carbonyl (C=O) groups excluding carboxylic acids is 1. The van der Waals surface area contributed by atoms with Gasteiger partial charge in [-0.05, 0) is 42.5 Å². The van der Waals surface area contributed by atoms with Crippen LogP contribution in [0.5, 0.6) is 0 Å². The molecule has 1 heterocycles. The Hall–Kier alpha value is -1.62. The van der Waals surface area contributed by atoms with Crippen molar-refractivity contribution in [1.82, 2.24) is 0 Å². The Morgan fingerprint density at radius 2 is 2.00 bits per heavy atom. The van der Waals surface area contributed by atoms with Crippen molar-refractivity contribution in [3.05, 3.63) is 56.8 Å². The molecular formula is C16H13F3OS. The number of hydrogen-bond donors (Lipinski definition) is 0. The van der Waals surface area contributed by atoms with Crippen LogP contribution in [0.1, 0.15) is 37.7 Å². The monoisotopic (exact) mass is 310 g/mol. The largest absolute Gasteiger partial charge is 0.416 e. The first-order chi connectivity index (χ1) is 9.93. The average molecular weight is 310 g/mol. The first-order valence-electron chi connectivity index (χ1n) is 6.74. The number of ketones is 1. The molecule has 1 aromatic heterocycles. The Kier molecular flexibility index (Phi) is 3.61. The summed E-state index contributed by atoms with van der Waals surface area (Å²) in [7, 11) is 0. The number of fused-ring (bicyclic) bond motifs is 1. The summed E-state index contributed by atoms with van der Waals surface area (Å²) >= 11 is 1.49. The summed E-state index contributed by atoms with van der Waals surface area (Å²) in [6, 6.07) is 6.89. The fourth-order valence-electron chi connectivity index (χ4n) is 2.60. The van der Waals surface area contributed by atoms with Gasteiger partial charge in [0.05, 0.1) is 10.4 Å². The van der Waals surface area contributed by atoms with E-state index in [9.17, 15) is 18.0 Å². The van der Waals surface area contributed by atoms with E-state index < -0.39 is 11.7 Å². The minimum atomic E-state index is -4.37. The number of benzene rings is 1. The normalized spacial score (nSPS) is 14.2. The maximum atomic E-state index is 12.7. The maximum absolute atomic E-state index is 12.7. The zero-order valence-corrected chi connectivity index (χ0v) is 12.0. The summed E-state index contributed by atoms with van der Waals surface area (Å²) in [5, 5.41) is 0. The van der Waals surface area contributed by atoms with E-state index in [4.69, 9.17) is 0 Å². The van der Waals surface area contributed by atoms with Gasteiger partial charge in [-0.1, -0.05) is 18.2 Å². The van der Waals surface area contributed by atoms with Crippen LogP contribution in [0.3, 0.4) is 0 Å². The van der Waals surface area contributed by atoms with Crippen LogP contribution in [0.2, 0.25) is 0 Å². The molecule has 2 aromatic rings. The number of rotatable bonds is 3. The fraction of sp³-hybridized carbons (Fsp3) is 0.312. The molecule has 0 radical (unpaired) electrons. The SMILES string of the molecule is O=C(Cc1cccc(C(F)(F)F)c1)c1cc2c(s1)CCC2. The van der Waals surface area contributed by atoms with E-state index in [2.05, 4.69) is 0 Å². The zero-order valence-electron chi connectivity index (χ0n) is 11.2. The fourth-order valence-corrected chi connectivity index (χ4v) is 3.79. The van der Waals surface area contributed by atoms with Crippen molar-refractivity contribution in [1.29, 1.82) is 0 Å². The van der Waals surface area contributed by atoms with E-state index >= 15 is 0 Å². The third kappa shape index (κ3) is 3.02. The van der Waals surface area contributed by atoms with Crippen LogP contribution in [0, 0.1) is 0 Å². The van der Waals surface area contributed by atoms with Gasteiger partial charge in [-0.15, -0.1) is 11.3 Å². The molecule has 0 amide bonds. The molecule has 21 heavy (non-hydrogen) atoms. The molecule has 1 nitrogen and oxygen atoms in total. The van der Waals surface area contributed by atoms with Gasteiger partial charge in [0.15, 0.2) is 5.78 Å². The second kappa shape index (κ2) is 5.30. The van der Waals surface area contributed by atoms with Crippen molar-refractivity contribution in [2.45, 2.75) is 31.9 Å². The van der Waals surface area contributed by atoms with Crippen molar-refractivity contribution in [3.63, 3.8) is 0 Å². The molecule has 0 spiro atoms. The lowest BCUT2D eigenvalue weighted by atomic mass is 10.0. The van der Waals surface area contributed by atoms with E-state index in [1.807, 2.05) is 6.07 Å². The molecule has 1 aliphatic carbocycles. The number of hydrogen-bond acceptors (Lipinski definition) is 2. The summed E-state index contributed by atoms with van der Waals surface area (Å²) in [5.41, 5.74) is 0.928. The molecule has 0 fully saturated rings. The zero-order chi connectivity index (χ0) is 15.0. The number of thiophene rings is 1. The van der Waals surface area contributed by atoms with Gasteiger partial charge < -0.3 is 0 Å². The Labute approximate surface area is 124 Å². The van der Waals surface area contributed by atoms with Crippen LogP contribution in [-0.4, -0.2) is 5.78 Å². The minimum Gasteiger partial charge on any atom is -0.293 e. The number of halogens is 3. The number of Topliss-reactive ketones (excluding diaryl/α,β-unsaturated/α-hetero) is 1. The second-order valence-electron chi connectivity index (χ2n) is 5.21. The quantitative estimate of drug-likeness (QED) is 0.752. The summed E-state index contributed by atoms with van der Waals surface area (Å²) in [6.45, 7) is 0. The van der Waals surface area contributed by atoms with Gasteiger partial charge in [-0.3, -0.25) is 4.79 Å². The molecule has 1 aliphatic rings. The molecule has 3 rings (SSSR count). The predicted molar refractivity (Wildman–Crippen MR) is 75.8 cm³/mol. The lowest BCUT2D eigenvalue weighted by Gasteiger charge is -2.08. The van der Waals surface area contributed by atoms with Crippen molar-refractivity contribution in [2.24, 2.45) is 0 Å². The molecule has 0 bridgehead atoms. The van der Waals surface area contributed by atoms with E-state index in [0.29, 0.717) is 10.4 Å². The third-order valence-corrected chi connectivity index (χ3v) is 4.92. The molecule has 0 N–H and O–H groups in total. The summed E-state index contributed by atoms with van der Waals surface area (Å²) in [4.78, 5) is 14.1. The van der Waals surface area contributed by atoms with Gasteiger partial charge in [-0.25, -0.2) is 0 Å². The number of alkyl halides is 3. The van der Waals surface area contributed by atoms with Crippen LogP contribution < -0.4 is 0 Å². The van der Waals surface area contributed by atoms with E-state index in [1.54, 1.807) is 6.07 Å². The van der Waals surface area contributed by atoms with Crippen molar-refractivity contribution in [2.75, 3.05) is 0 Å².